The number of aliphatic hydroxyl groups is 1. The first kappa shape index (κ1) is 51.9. The molecule has 0 aliphatic rings. The molecule has 3 N–H and O–H groups in total. The number of hydrogen-bond donors (Lipinski definition) is 3. The van der Waals surface area contributed by atoms with Crippen molar-refractivity contribution in [3.63, 3.8) is 0 Å². The van der Waals surface area contributed by atoms with E-state index < -0.39 is 38.6 Å². The van der Waals surface area contributed by atoms with Crippen LogP contribution in [-0.4, -0.2) is 52.3 Å². The zero-order chi connectivity index (χ0) is 40.5. The summed E-state index contributed by atoms with van der Waals surface area (Å²) in [4.78, 5) is 42.8. The molecule has 0 aromatic carbocycles. The fourth-order valence-corrected chi connectivity index (χ4v) is 5.46. The van der Waals surface area contributed by atoms with Crippen molar-refractivity contribution in [3.8, 4) is 0 Å². The minimum absolute atomic E-state index is 0.0535. The van der Waals surface area contributed by atoms with Crippen LogP contribution in [0.2, 0.25) is 0 Å². The molecule has 0 radical (unpaired) electrons. The maximum absolute atomic E-state index is 12.4. The molecule has 0 bridgehead atoms. The average molecular weight is 789 g/mol. The van der Waals surface area contributed by atoms with E-state index in [1.807, 2.05) is 18.2 Å². The van der Waals surface area contributed by atoms with Gasteiger partial charge in [0.2, 0.25) is 0 Å². The Morgan fingerprint density at radius 3 is 1.75 bits per heavy atom. The molecule has 0 fully saturated rings. The van der Waals surface area contributed by atoms with Crippen LogP contribution in [0, 0.1) is 0 Å². The van der Waals surface area contributed by atoms with Gasteiger partial charge in [-0.3, -0.25) is 14.1 Å². The standard InChI is InChI=1S/C45H73O9P/c1-3-5-7-9-11-13-15-17-18-19-20-22-24-26-28-30-34-39-45(48)54-43(41-53-55(49,50)51)40-52-44(47)38-35-31-33-37-42(46)36-32-29-27-25-23-21-16-14-12-10-8-6-4-2/h6,8,11-14,17-18,21,23,27,29,31-33,36,42-43,46H,3-5,7,9-10,15-16,19-20,22,24-26,28,30,34-35,37-41H2,1-2H3,(H2,49,50,51)/b8-6-,13-11-,14-12-,18-17-,23-21-,29-27-,33-31-,36-32-/t42?,43-/m1/s1. The fraction of sp³-hybridized carbons (Fsp3) is 0.600. The molecule has 0 rings (SSSR count). The van der Waals surface area contributed by atoms with E-state index in [0.29, 0.717) is 19.3 Å². The van der Waals surface area contributed by atoms with Crippen LogP contribution in [0.1, 0.15) is 149 Å². The van der Waals surface area contributed by atoms with E-state index in [4.69, 9.17) is 19.3 Å². The van der Waals surface area contributed by atoms with Crippen molar-refractivity contribution in [2.75, 3.05) is 13.2 Å². The van der Waals surface area contributed by atoms with Crippen LogP contribution in [0.15, 0.2) is 97.2 Å². The summed E-state index contributed by atoms with van der Waals surface area (Å²) in [5.41, 5.74) is 0. The van der Waals surface area contributed by atoms with Gasteiger partial charge in [-0.2, -0.15) is 0 Å². The Morgan fingerprint density at radius 1 is 0.582 bits per heavy atom. The summed E-state index contributed by atoms with van der Waals surface area (Å²) in [6, 6.07) is 0. The highest BCUT2D eigenvalue weighted by atomic mass is 31.2. The van der Waals surface area contributed by atoms with Crippen LogP contribution in [0.5, 0.6) is 0 Å². The first-order valence-corrected chi connectivity index (χ1v) is 22.2. The molecule has 0 aliphatic heterocycles. The molecule has 55 heavy (non-hydrogen) atoms. The second kappa shape index (κ2) is 39.2. The monoisotopic (exact) mass is 788 g/mol. The van der Waals surface area contributed by atoms with Crippen molar-refractivity contribution in [2.45, 2.75) is 161 Å². The molecule has 0 amide bonds. The van der Waals surface area contributed by atoms with E-state index in [1.165, 1.54) is 38.5 Å². The number of allylic oxidation sites excluding steroid dienone is 14. The molecule has 0 saturated heterocycles. The maximum atomic E-state index is 12.4. The molecule has 0 saturated carbocycles. The minimum Gasteiger partial charge on any atom is -0.462 e. The number of ether oxygens (including phenoxy) is 2. The van der Waals surface area contributed by atoms with Crippen molar-refractivity contribution in [2.24, 2.45) is 0 Å². The Bertz CT molecular complexity index is 1220. The lowest BCUT2D eigenvalue weighted by molar-refractivity contribution is -0.161. The summed E-state index contributed by atoms with van der Waals surface area (Å²) < 4.78 is 26.2. The predicted octanol–water partition coefficient (Wildman–Crippen LogP) is 11.6. The van der Waals surface area contributed by atoms with Crippen molar-refractivity contribution in [1.29, 1.82) is 0 Å². The number of phosphoric ester groups is 1. The maximum Gasteiger partial charge on any atom is 0.469 e. The predicted molar refractivity (Wildman–Crippen MR) is 226 cm³/mol. The van der Waals surface area contributed by atoms with Crippen LogP contribution < -0.4 is 0 Å². The molecule has 2 atom stereocenters. The number of carbonyl (C=O) groups is 2. The molecule has 1 unspecified atom stereocenters. The van der Waals surface area contributed by atoms with Crippen LogP contribution in [0.3, 0.4) is 0 Å². The van der Waals surface area contributed by atoms with E-state index in [9.17, 15) is 19.3 Å². The summed E-state index contributed by atoms with van der Waals surface area (Å²) in [5, 5.41) is 10.1. The molecule has 10 heteroatoms. The highest BCUT2D eigenvalue weighted by molar-refractivity contribution is 7.46. The van der Waals surface area contributed by atoms with E-state index in [-0.39, 0.29) is 19.4 Å². The van der Waals surface area contributed by atoms with Crippen LogP contribution >= 0.6 is 7.82 Å². The molecule has 0 aliphatic carbocycles. The van der Waals surface area contributed by atoms with Gasteiger partial charge in [0.1, 0.15) is 6.61 Å². The van der Waals surface area contributed by atoms with Gasteiger partial charge in [0.05, 0.1) is 12.7 Å². The Balaban J connectivity index is 4.18. The lowest BCUT2D eigenvalue weighted by atomic mass is 10.1. The van der Waals surface area contributed by atoms with E-state index in [1.54, 1.807) is 18.2 Å². The Hall–Kier alpha value is -3.07. The summed E-state index contributed by atoms with van der Waals surface area (Å²) >= 11 is 0. The largest absolute Gasteiger partial charge is 0.469 e. The Morgan fingerprint density at radius 2 is 1.13 bits per heavy atom. The summed E-state index contributed by atoms with van der Waals surface area (Å²) in [5.74, 6) is -1.08. The quantitative estimate of drug-likeness (QED) is 0.0186. The second-order valence-corrected chi connectivity index (χ2v) is 14.7. The second-order valence-electron chi connectivity index (χ2n) is 13.4. The number of rotatable bonds is 36. The summed E-state index contributed by atoms with van der Waals surface area (Å²) in [6.07, 6.45) is 50.1. The Kier molecular flexibility index (Phi) is 37.0. The fourth-order valence-electron chi connectivity index (χ4n) is 5.10. The van der Waals surface area contributed by atoms with Gasteiger partial charge in [-0.1, -0.05) is 156 Å². The van der Waals surface area contributed by atoms with E-state index in [2.05, 4.69) is 79.1 Å². The molecular formula is C45H73O9P. The smallest absolute Gasteiger partial charge is 0.462 e. The van der Waals surface area contributed by atoms with Crippen molar-refractivity contribution < 1.29 is 43.0 Å². The van der Waals surface area contributed by atoms with Gasteiger partial charge in [-0.15, -0.1) is 0 Å². The SMILES string of the molecule is CC/C=C\C/C=C\C/C=C\C/C=C\C=C/C(O)C/C=C\CCC(=O)OC[C@H](COP(=O)(O)O)OC(=O)CCCCCCCCC/C=C\C/C=C\CCCCC. The van der Waals surface area contributed by atoms with Crippen LogP contribution in [0.25, 0.3) is 0 Å². The number of hydrogen-bond acceptors (Lipinski definition) is 7. The number of carbonyl (C=O) groups excluding carboxylic acids is 2. The van der Waals surface area contributed by atoms with Gasteiger partial charge in [-0.05, 0) is 77.0 Å². The van der Waals surface area contributed by atoms with Crippen LogP contribution in [-0.2, 0) is 28.2 Å². The third kappa shape index (κ3) is 41.9. The third-order valence-corrected chi connectivity index (χ3v) is 8.67. The first-order chi connectivity index (χ1) is 26.7. The van der Waals surface area contributed by atoms with Crippen molar-refractivity contribution in [1.82, 2.24) is 0 Å². The van der Waals surface area contributed by atoms with E-state index >= 15 is 0 Å². The molecule has 0 aromatic rings. The van der Waals surface area contributed by atoms with Gasteiger partial charge in [-0.25, -0.2) is 4.57 Å². The van der Waals surface area contributed by atoms with Gasteiger partial charge >= 0.3 is 19.8 Å². The van der Waals surface area contributed by atoms with Crippen LogP contribution in [0.4, 0.5) is 0 Å². The average Bonchev–Trinajstić information content (AvgIpc) is 3.15. The van der Waals surface area contributed by atoms with Crippen molar-refractivity contribution in [3.05, 3.63) is 97.2 Å². The topological polar surface area (TPSA) is 140 Å². The normalized spacial score (nSPS) is 14.1. The zero-order valence-electron chi connectivity index (χ0n) is 33.9. The molecule has 0 aromatic heterocycles. The zero-order valence-corrected chi connectivity index (χ0v) is 34.8. The highest BCUT2D eigenvalue weighted by Crippen LogP contribution is 2.36. The summed E-state index contributed by atoms with van der Waals surface area (Å²) in [7, 11) is -4.80. The van der Waals surface area contributed by atoms with Gasteiger partial charge in [0.25, 0.3) is 0 Å². The lowest BCUT2D eigenvalue weighted by Gasteiger charge is -2.18. The van der Waals surface area contributed by atoms with Gasteiger partial charge in [0.15, 0.2) is 6.10 Å². The third-order valence-electron chi connectivity index (χ3n) is 8.18. The molecule has 9 nitrogen and oxygen atoms in total. The van der Waals surface area contributed by atoms with Gasteiger partial charge < -0.3 is 24.4 Å². The number of unbranched alkanes of at least 4 members (excludes halogenated alkanes) is 10. The van der Waals surface area contributed by atoms with Crippen molar-refractivity contribution >= 4 is 19.8 Å². The number of phosphoric acid groups is 1. The van der Waals surface area contributed by atoms with Gasteiger partial charge in [0, 0.05) is 12.8 Å². The number of esters is 2. The number of aliphatic hydroxyl groups excluding tert-OH is 1. The molecule has 0 heterocycles. The highest BCUT2D eigenvalue weighted by Gasteiger charge is 2.22. The molecule has 312 valence electrons. The summed E-state index contributed by atoms with van der Waals surface area (Å²) in [6.45, 7) is 3.37. The Labute approximate surface area is 333 Å². The lowest BCUT2D eigenvalue weighted by Crippen LogP contribution is -2.29. The molecule has 0 spiro atoms. The first-order valence-electron chi connectivity index (χ1n) is 20.6. The minimum atomic E-state index is -4.80. The molecular weight excluding hydrogens is 715 g/mol. The van der Waals surface area contributed by atoms with E-state index in [0.717, 1.165) is 64.2 Å².